The summed E-state index contributed by atoms with van der Waals surface area (Å²) in [6.07, 6.45) is 1.35. The molecule has 0 saturated heterocycles. The van der Waals surface area contributed by atoms with E-state index in [1.807, 2.05) is 18.2 Å². The van der Waals surface area contributed by atoms with Crippen molar-refractivity contribution < 1.29 is 19.1 Å². The predicted octanol–water partition coefficient (Wildman–Crippen LogP) is 3.16. The van der Waals surface area contributed by atoms with Crippen molar-refractivity contribution >= 4 is 27.7 Å². The zero-order chi connectivity index (χ0) is 15.4. The number of fused-ring (bicyclic) bond motifs is 1. The fourth-order valence-corrected chi connectivity index (χ4v) is 2.90. The molecule has 1 aromatic carbocycles. The molecule has 0 aromatic heterocycles. The number of carbonyl (C=O) groups excluding carboxylic acids is 2. The van der Waals surface area contributed by atoms with Crippen molar-refractivity contribution in [3.8, 4) is 5.75 Å². The third-order valence-electron chi connectivity index (χ3n) is 3.80. The van der Waals surface area contributed by atoms with Gasteiger partial charge in [-0.2, -0.15) is 0 Å². The highest BCUT2D eigenvalue weighted by atomic mass is 79.9. The first-order valence-corrected chi connectivity index (χ1v) is 7.92. The molecule has 1 unspecified atom stereocenters. The number of carbonyl (C=O) groups is 2. The van der Waals surface area contributed by atoms with Crippen LogP contribution in [0.2, 0.25) is 0 Å². The number of rotatable bonds is 3. The topological polar surface area (TPSA) is 52.6 Å². The summed E-state index contributed by atoms with van der Waals surface area (Å²) in [4.78, 5) is 24.1. The Labute approximate surface area is 132 Å². The normalized spacial score (nSPS) is 19.8. The smallest absolute Gasteiger partial charge is 0.309 e. The molecule has 0 N–H and O–H groups in total. The van der Waals surface area contributed by atoms with Crippen molar-refractivity contribution in [2.75, 3.05) is 13.2 Å². The zero-order valence-corrected chi connectivity index (χ0v) is 13.8. The van der Waals surface area contributed by atoms with E-state index >= 15 is 0 Å². The molecule has 0 aliphatic carbocycles. The molecule has 1 aliphatic rings. The predicted molar refractivity (Wildman–Crippen MR) is 82.3 cm³/mol. The molecule has 0 saturated carbocycles. The lowest BCUT2D eigenvalue weighted by molar-refractivity contribution is -0.152. The first-order valence-electron chi connectivity index (χ1n) is 7.13. The van der Waals surface area contributed by atoms with Gasteiger partial charge in [0.05, 0.1) is 12.5 Å². The number of ketones is 1. The van der Waals surface area contributed by atoms with Crippen LogP contribution in [0.3, 0.4) is 0 Å². The summed E-state index contributed by atoms with van der Waals surface area (Å²) in [6, 6.07) is 5.81. The van der Waals surface area contributed by atoms with Gasteiger partial charge in [-0.15, -0.1) is 0 Å². The quantitative estimate of drug-likeness (QED) is 0.782. The molecule has 4 nitrogen and oxygen atoms in total. The maximum Gasteiger partial charge on any atom is 0.309 e. The Morgan fingerprint density at radius 3 is 3.00 bits per heavy atom. The molecular formula is C16H19BrO4. The Bertz CT molecular complexity index is 541. The lowest BCUT2D eigenvalue weighted by atomic mass is 9.84. The first-order chi connectivity index (χ1) is 10.0. The van der Waals surface area contributed by atoms with Crippen molar-refractivity contribution in [3.05, 3.63) is 28.2 Å². The lowest BCUT2D eigenvalue weighted by Crippen LogP contribution is -2.34. The minimum absolute atomic E-state index is 0.00212. The van der Waals surface area contributed by atoms with Crippen LogP contribution in [0.25, 0.3) is 0 Å². The van der Waals surface area contributed by atoms with Crippen LogP contribution in [0.15, 0.2) is 22.7 Å². The van der Waals surface area contributed by atoms with Crippen LogP contribution in [-0.2, 0) is 20.7 Å². The highest BCUT2D eigenvalue weighted by Gasteiger charge is 2.32. The summed E-state index contributed by atoms with van der Waals surface area (Å²) in [7, 11) is 0. The highest BCUT2D eigenvalue weighted by molar-refractivity contribution is 9.10. The fraction of sp³-hybridized carbons (Fsp3) is 0.500. The molecule has 114 valence electrons. The number of hydrogen-bond acceptors (Lipinski definition) is 4. The molecule has 0 fully saturated rings. The zero-order valence-electron chi connectivity index (χ0n) is 12.2. The Balaban J connectivity index is 2.15. The average molecular weight is 355 g/mol. The van der Waals surface area contributed by atoms with E-state index in [9.17, 15) is 9.59 Å². The highest BCUT2D eigenvalue weighted by Crippen LogP contribution is 2.30. The summed E-state index contributed by atoms with van der Waals surface area (Å²) in [5, 5.41) is 0. The number of hydrogen-bond donors (Lipinski definition) is 0. The van der Waals surface area contributed by atoms with E-state index in [2.05, 4.69) is 15.9 Å². The number of halogens is 1. The molecule has 1 aromatic rings. The van der Waals surface area contributed by atoms with Crippen LogP contribution >= 0.6 is 15.9 Å². The summed E-state index contributed by atoms with van der Waals surface area (Å²) in [5.74, 6) is -0.396. The Hall–Kier alpha value is -1.36. The van der Waals surface area contributed by atoms with Crippen LogP contribution in [0.1, 0.15) is 25.8 Å². The molecule has 0 bridgehead atoms. The second-order valence-electron chi connectivity index (χ2n) is 5.19. The number of ether oxygens (including phenoxy) is 2. The van der Waals surface area contributed by atoms with Gasteiger partial charge in [0, 0.05) is 10.4 Å². The molecular weight excluding hydrogens is 336 g/mol. The Morgan fingerprint density at radius 1 is 1.52 bits per heavy atom. The van der Waals surface area contributed by atoms with E-state index in [1.165, 1.54) is 0 Å². The summed E-state index contributed by atoms with van der Waals surface area (Å²) in [6.45, 7) is 3.85. The molecule has 5 heteroatoms. The van der Waals surface area contributed by atoms with Gasteiger partial charge in [-0.1, -0.05) is 28.9 Å². The summed E-state index contributed by atoms with van der Waals surface area (Å²) < 4.78 is 11.6. The fourth-order valence-electron chi connectivity index (χ4n) is 2.56. The number of esters is 1. The van der Waals surface area contributed by atoms with Crippen molar-refractivity contribution in [3.63, 3.8) is 0 Å². The van der Waals surface area contributed by atoms with Crippen LogP contribution in [0.4, 0.5) is 0 Å². The van der Waals surface area contributed by atoms with Gasteiger partial charge in [-0.3, -0.25) is 9.59 Å². The molecule has 1 heterocycles. The number of aryl methyl sites for hydroxylation is 1. The molecule has 0 amide bonds. The van der Waals surface area contributed by atoms with Gasteiger partial charge >= 0.3 is 5.97 Å². The van der Waals surface area contributed by atoms with Gasteiger partial charge in [0.25, 0.3) is 0 Å². The van der Waals surface area contributed by atoms with E-state index in [0.29, 0.717) is 19.4 Å². The second-order valence-corrected chi connectivity index (χ2v) is 6.11. The third kappa shape index (κ3) is 3.84. The van der Waals surface area contributed by atoms with Gasteiger partial charge in [-0.05, 0) is 37.5 Å². The second kappa shape index (κ2) is 7.07. The maximum atomic E-state index is 12.3. The SMILES string of the molecule is CCOC(=O)[C@@H](C)C1CCc2ccc(Br)cc2OCC1=O. The number of benzene rings is 1. The van der Waals surface area contributed by atoms with Gasteiger partial charge in [-0.25, -0.2) is 0 Å². The molecule has 2 rings (SSSR count). The molecule has 21 heavy (non-hydrogen) atoms. The molecule has 0 radical (unpaired) electrons. The van der Waals surface area contributed by atoms with Gasteiger partial charge in [0.15, 0.2) is 5.78 Å². The number of Topliss-reactive ketones (excluding diaryl/α,β-unsaturated/α-hetero) is 1. The molecule has 1 aliphatic heterocycles. The molecule has 2 atom stereocenters. The van der Waals surface area contributed by atoms with E-state index in [0.717, 1.165) is 15.8 Å². The minimum atomic E-state index is -0.432. The van der Waals surface area contributed by atoms with E-state index in [4.69, 9.17) is 9.47 Å². The average Bonchev–Trinajstić information content (AvgIpc) is 2.45. The van der Waals surface area contributed by atoms with Crippen LogP contribution in [0.5, 0.6) is 5.75 Å². The Morgan fingerprint density at radius 2 is 2.29 bits per heavy atom. The minimum Gasteiger partial charge on any atom is -0.486 e. The van der Waals surface area contributed by atoms with Gasteiger partial charge < -0.3 is 9.47 Å². The van der Waals surface area contributed by atoms with Crippen molar-refractivity contribution in [2.24, 2.45) is 11.8 Å². The maximum absolute atomic E-state index is 12.3. The van der Waals surface area contributed by atoms with E-state index in [1.54, 1.807) is 13.8 Å². The van der Waals surface area contributed by atoms with Crippen molar-refractivity contribution in [1.82, 2.24) is 0 Å². The van der Waals surface area contributed by atoms with Gasteiger partial charge in [0.2, 0.25) is 0 Å². The first kappa shape index (κ1) is 16.0. The van der Waals surface area contributed by atoms with Crippen LogP contribution < -0.4 is 4.74 Å². The Kier molecular flexibility index (Phi) is 5.39. The summed E-state index contributed by atoms with van der Waals surface area (Å²) >= 11 is 3.40. The van der Waals surface area contributed by atoms with E-state index < -0.39 is 5.92 Å². The summed E-state index contributed by atoms with van der Waals surface area (Å²) in [5.41, 5.74) is 1.06. The van der Waals surface area contributed by atoms with Gasteiger partial charge in [0.1, 0.15) is 12.4 Å². The van der Waals surface area contributed by atoms with Crippen molar-refractivity contribution in [1.29, 1.82) is 0 Å². The molecule has 0 spiro atoms. The lowest BCUT2D eigenvalue weighted by Gasteiger charge is -2.24. The largest absolute Gasteiger partial charge is 0.486 e. The third-order valence-corrected chi connectivity index (χ3v) is 4.29. The monoisotopic (exact) mass is 354 g/mol. The van der Waals surface area contributed by atoms with Crippen LogP contribution in [-0.4, -0.2) is 25.0 Å². The van der Waals surface area contributed by atoms with Crippen molar-refractivity contribution in [2.45, 2.75) is 26.7 Å². The van der Waals surface area contributed by atoms with Crippen LogP contribution in [0, 0.1) is 11.8 Å². The van der Waals surface area contributed by atoms with E-state index in [-0.39, 0.29) is 24.3 Å². The standard InChI is InChI=1S/C16H19BrO4/c1-3-20-16(19)10(2)13-7-5-11-4-6-12(17)8-15(11)21-9-14(13)18/h4,6,8,10,13H,3,5,7,9H2,1-2H3/t10-,13?/m0/s1.